The molecule has 2 aliphatic rings. The number of carboxylic acid groups (broad SMARTS) is 1. The van der Waals surface area contributed by atoms with E-state index < -0.39 is 11.9 Å². The third-order valence-corrected chi connectivity index (χ3v) is 8.30. The molecule has 1 N–H and O–H groups in total. The zero-order chi connectivity index (χ0) is 28.8. The maximum Gasteiger partial charge on any atom is 0.407 e. The van der Waals surface area contributed by atoms with E-state index in [9.17, 15) is 9.90 Å². The summed E-state index contributed by atoms with van der Waals surface area (Å²) in [6.45, 7) is 3.00. The lowest BCUT2D eigenvalue weighted by Gasteiger charge is -2.37. The minimum absolute atomic E-state index is 0.0949. The predicted octanol–water partition coefficient (Wildman–Crippen LogP) is 6.95. The fourth-order valence-electron chi connectivity index (χ4n) is 6.08. The summed E-state index contributed by atoms with van der Waals surface area (Å²) in [5, 5.41) is 12.0. The van der Waals surface area contributed by atoms with Gasteiger partial charge in [-0.1, -0.05) is 78.9 Å². The Bertz CT molecular complexity index is 1470. The van der Waals surface area contributed by atoms with Crippen LogP contribution in [0.5, 0.6) is 5.75 Å². The number of nitrogens with zero attached hydrogens (tertiary/aromatic N) is 1. The van der Waals surface area contributed by atoms with Crippen molar-refractivity contribution in [3.8, 4) is 5.75 Å². The molecule has 2 fully saturated rings. The number of rotatable bonds is 10. The van der Waals surface area contributed by atoms with Crippen LogP contribution in [0.3, 0.4) is 0 Å². The molecule has 0 saturated carbocycles. The van der Waals surface area contributed by atoms with Crippen LogP contribution in [0.25, 0.3) is 10.8 Å². The molecule has 2 saturated heterocycles. The molecule has 42 heavy (non-hydrogen) atoms. The topological polar surface area (TPSA) is 77.5 Å². The normalized spacial score (nSPS) is 20.0. The number of fused-ring (bicyclic) bond motifs is 1. The summed E-state index contributed by atoms with van der Waals surface area (Å²) in [4.78, 5) is 13.2. The van der Waals surface area contributed by atoms with Gasteiger partial charge in [0.05, 0.1) is 39.1 Å². The van der Waals surface area contributed by atoms with E-state index >= 15 is 0 Å². The van der Waals surface area contributed by atoms with E-state index in [4.69, 9.17) is 18.9 Å². The van der Waals surface area contributed by atoms with Gasteiger partial charge in [0.25, 0.3) is 0 Å². The highest BCUT2D eigenvalue weighted by Gasteiger charge is 2.38. The van der Waals surface area contributed by atoms with Crippen molar-refractivity contribution in [2.75, 3.05) is 32.9 Å². The largest absolute Gasteiger partial charge is 0.494 e. The van der Waals surface area contributed by atoms with Gasteiger partial charge in [0.2, 0.25) is 0 Å². The standard InChI is InChI=1S/C35H37NO6/c37-34(38)36-19-17-32(33(24-36)40-25-26-11-12-27-7-4-5-8-29(27)23-26)28-13-15-31(16-14-28)39-20-6-18-35(41-21-22-42-35)30-9-2-1-3-10-30/h1-5,7-16,23,32-33H,6,17-22,24-25H2,(H,37,38). The van der Waals surface area contributed by atoms with Crippen molar-refractivity contribution in [1.82, 2.24) is 4.90 Å². The van der Waals surface area contributed by atoms with Crippen LogP contribution in [0.2, 0.25) is 0 Å². The number of amides is 1. The Labute approximate surface area is 246 Å². The van der Waals surface area contributed by atoms with Crippen LogP contribution in [0.4, 0.5) is 4.79 Å². The van der Waals surface area contributed by atoms with Crippen LogP contribution < -0.4 is 4.74 Å². The van der Waals surface area contributed by atoms with E-state index in [1.807, 2.05) is 54.6 Å². The monoisotopic (exact) mass is 567 g/mol. The number of hydrogen-bond acceptors (Lipinski definition) is 5. The van der Waals surface area contributed by atoms with Gasteiger partial charge in [-0.25, -0.2) is 4.79 Å². The van der Waals surface area contributed by atoms with E-state index in [1.54, 1.807) is 0 Å². The Hall–Kier alpha value is -3.91. The number of carbonyl (C=O) groups is 1. The van der Waals surface area contributed by atoms with Gasteiger partial charge in [0.15, 0.2) is 5.79 Å². The summed E-state index contributed by atoms with van der Waals surface area (Å²) in [6, 6.07) is 32.8. The van der Waals surface area contributed by atoms with Gasteiger partial charge < -0.3 is 29.0 Å². The summed E-state index contributed by atoms with van der Waals surface area (Å²) in [7, 11) is 0. The molecule has 0 bridgehead atoms. The molecular formula is C35H37NO6. The van der Waals surface area contributed by atoms with E-state index in [0.29, 0.717) is 52.4 Å². The first-order valence-electron chi connectivity index (χ1n) is 14.7. The molecule has 0 radical (unpaired) electrons. The van der Waals surface area contributed by atoms with Gasteiger partial charge in [0, 0.05) is 24.4 Å². The van der Waals surface area contributed by atoms with Gasteiger partial charge >= 0.3 is 6.09 Å². The molecule has 7 nitrogen and oxygen atoms in total. The van der Waals surface area contributed by atoms with Crippen LogP contribution in [-0.2, 0) is 26.6 Å². The molecule has 2 atom stereocenters. The maximum absolute atomic E-state index is 11.8. The average Bonchev–Trinajstić information content (AvgIpc) is 3.53. The number of benzene rings is 4. The highest BCUT2D eigenvalue weighted by molar-refractivity contribution is 5.82. The van der Waals surface area contributed by atoms with Crippen LogP contribution in [0.15, 0.2) is 97.1 Å². The molecule has 7 heteroatoms. The fraction of sp³-hybridized carbons (Fsp3) is 0.343. The molecule has 0 spiro atoms. The number of hydrogen-bond donors (Lipinski definition) is 1. The Morgan fingerprint density at radius 3 is 2.40 bits per heavy atom. The van der Waals surface area contributed by atoms with E-state index in [0.717, 1.165) is 28.9 Å². The SMILES string of the molecule is O=C(O)N1CCC(c2ccc(OCCCC3(c4ccccc4)OCCO3)cc2)C(OCc2ccc3ccccc3c2)C1. The third-order valence-electron chi connectivity index (χ3n) is 8.30. The molecule has 4 aromatic rings. The number of likely N-dealkylation sites (tertiary alicyclic amines) is 1. The minimum Gasteiger partial charge on any atom is -0.494 e. The van der Waals surface area contributed by atoms with Crippen molar-refractivity contribution in [3.05, 3.63) is 114 Å². The molecule has 2 unspecified atom stereocenters. The van der Waals surface area contributed by atoms with Gasteiger partial charge in [-0.3, -0.25) is 0 Å². The number of ether oxygens (including phenoxy) is 4. The summed E-state index contributed by atoms with van der Waals surface area (Å²) >= 11 is 0. The molecule has 0 aliphatic carbocycles. The van der Waals surface area contributed by atoms with Crippen LogP contribution >= 0.6 is 0 Å². The highest BCUT2D eigenvalue weighted by atomic mass is 16.7. The first kappa shape index (κ1) is 28.2. The van der Waals surface area contributed by atoms with Crippen molar-refractivity contribution in [2.45, 2.75) is 43.7 Å². The van der Waals surface area contributed by atoms with Crippen molar-refractivity contribution >= 4 is 16.9 Å². The molecule has 218 valence electrons. The second kappa shape index (κ2) is 12.9. The first-order chi connectivity index (χ1) is 20.6. The maximum atomic E-state index is 11.8. The quantitative estimate of drug-likeness (QED) is 0.209. The Morgan fingerprint density at radius 2 is 1.64 bits per heavy atom. The molecule has 2 heterocycles. The van der Waals surface area contributed by atoms with Crippen LogP contribution in [0.1, 0.15) is 41.9 Å². The van der Waals surface area contributed by atoms with Crippen molar-refractivity contribution in [2.24, 2.45) is 0 Å². The van der Waals surface area contributed by atoms with Gasteiger partial charge in [-0.05, 0) is 52.9 Å². The zero-order valence-corrected chi connectivity index (χ0v) is 23.7. The summed E-state index contributed by atoms with van der Waals surface area (Å²) in [6.07, 6.45) is 1.06. The Kier molecular flexibility index (Phi) is 8.70. The minimum atomic E-state index is -0.904. The molecule has 2 aliphatic heterocycles. The van der Waals surface area contributed by atoms with Crippen LogP contribution in [0, 0.1) is 0 Å². The highest BCUT2D eigenvalue weighted by Crippen LogP contribution is 2.36. The summed E-state index contributed by atoms with van der Waals surface area (Å²) < 4.78 is 24.5. The molecule has 6 rings (SSSR count). The summed E-state index contributed by atoms with van der Waals surface area (Å²) in [5.41, 5.74) is 3.25. The van der Waals surface area contributed by atoms with Gasteiger partial charge in [0.1, 0.15) is 5.75 Å². The zero-order valence-electron chi connectivity index (χ0n) is 23.7. The van der Waals surface area contributed by atoms with Crippen molar-refractivity contribution < 1.29 is 28.8 Å². The second-order valence-electron chi connectivity index (χ2n) is 11.0. The Balaban J connectivity index is 1.06. The molecular weight excluding hydrogens is 530 g/mol. The van der Waals surface area contributed by atoms with Gasteiger partial charge in [-0.15, -0.1) is 0 Å². The Morgan fingerprint density at radius 1 is 0.905 bits per heavy atom. The first-order valence-corrected chi connectivity index (χ1v) is 14.7. The molecule has 0 aromatic heterocycles. The van der Waals surface area contributed by atoms with E-state index in [1.165, 1.54) is 15.7 Å². The smallest absolute Gasteiger partial charge is 0.407 e. The summed E-state index contributed by atoms with van der Waals surface area (Å²) in [5.74, 6) is 0.205. The fourth-order valence-corrected chi connectivity index (χ4v) is 6.08. The predicted molar refractivity (Wildman–Crippen MR) is 161 cm³/mol. The van der Waals surface area contributed by atoms with Crippen molar-refractivity contribution in [1.29, 1.82) is 0 Å². The number of piperidine rings is 1. The third kappa shape index (κ3) is 6.44. The average molecular weight is 568 g/mol. The van der Waals surface area contributed by atoms with Crippen LogP contribution in [-0.4, -0.2) is 55.1 Å². The van der Waals surface area contributed by atoms with Gasteiger partial charge in [-0.2, -0.15) is 0 Å². The molecule has 1 amide bonds. The van der Waals surface area contributed by atoms with E-state index in [2.05, 4.69) is 42.5 Å². The van der Waals surface area contributed by atoms with Crippen molar-refractivity contribution in [3.63, 3.8) is 0 Å². The molecule has 4 aromatic carbocycles. The lowest BCUT2D eigenvalue weighted by molar-refractivity contribution is -0.172. The lowest BCUT2D eigenvalue weighted by Crippen LogP contribution is -2.46. The second-order valence-corrected chi connectivity index (χ2v) is 11.0. The lowest BCUT2D eigenvalue weighted by atomic mass is 9.87. The van der Waals surface area contributed by atoms with E-state index in [-0.39, 0.29) is 12.0 Å².